The van der Waals surface area contributed by atoms with Crippen LogP contribution >= 0.6 is 0 Å². The molecular formula is C15H15F3N2O. The molecule has 0 aliphatic heterocycles. The molecule has 2 rings (SSSR count). The summed E-state index contributed by atoms with van der Waals surface area (Å²) >= 11 is 0. The van der Waals surface area contributed by atoms with E-state index in [2.05, 4.69) is 5.43 Å². The van der Waals surface area contributed by atoms with E-state index in [1.54, 1.807) is 6.07 Å². The van der Waals surface area contributed by atoms with Gasteiger partial charge in [0.2, 0.25) is 0 Å². The van der Waals surface area contributed by atoms with Gasteiger partial charge in [-0.25, -0.2) is 13.2 Å². The zero-order valence-corrected chi connectivity index (χ0v) is 11.4. The number of nitrogens with two attached hydrogens (primary N) is 1. The van der Waals surface area contributed by atoms with Crippen LogP contribution in [-0.2, 0) is 6.42 Å². The number of hydrazine groups is 1. The maximum atomic E-state index is 14.0. The van der Waals surface area contributed by atoms with Crippen molar-refractivity contribution in [3.8, 4) is 5.75 Å². The van der Waals surface area contributed by atoms with Crippen molar-refractivity contribution in [1.29, 1.82) is 0 Å². The van der Waals surface area contributed by atoms with Crippen LogP contribution in [0, 0.1) is 17.5 Å². The van der Waals surface area contributed by atoms with Crippen molar-refractivity contribution in [3.63, 3.8) is 0 Å². The first-order valence-electron chi connectivity index (χ1n) is 6.29. The van der Waals surface area contributed by atoms with Crippen LogP contribution in [0.1, 0.15) is 17.2 Å². The van der Waals surface area contributed by atoms with E-state index >= 15 is 0 Å². The summed E-state index contributed by atoms with van der Waals surface area (Å²) in [4.78, 5) is 0. The molecule has 0 heterocycles. The highest BCUT2D eigenvalue weighted by Crippen LogP contribution is 2.30. The molecule has 6 heteroatoms. The van der Waals surface area contributed by atoms with E-state index in [0.29, 0.717) is 5.75 Å². The summed E-state index contributed by atoms with van der Waals surface area (Å²) in [5.41, 5.74) is 2.87. The van der Waals surface area contributed by atoms with Gasteiger partial charge >= 0.3 is 0 Å². The van der Waals surface area contributed by atoms with Gasteiger partial charge in [-0.05, 0) is 30.2 Å². The predicted molar refractivity (Wildman–Crippen MR) is 73.1 cm³/mol. The molecule has 0 aromatic heterocycles. The topological polar surface area (TPSA) is 47.3 Å². The van der Waals surface area contributed by atoms with Crippen molar-refractivity contribution >= 4 is 0 Å². The molecule has 0 fully saturated rings. The first-order chi connectivity index (χ1) is 10.1. The van der Waals surface area contributed by atoms with Gasteiger partial charge in [0, 0.05) is 11.6 Å². The molecule has 112 valence electrons. The molecule has 0 saturated carbocycles. The van der Waals surface area contributed by atoms with Crippen molar-refractivity contribution < 1.29 is 17.9 Å². The third kappa shape index (κ3) is 3.34. The van der Waals surface area contributed by atoms with Crippen molar-refractivity contribution in [2.45, 2.75) is 12.5 Å². The summed E-state index contributed by atoms with van der Waals surface area (Å²) < 4.78 is 45.7. The monoisotopic (exact) mass is 296 g/mol. The molecule has 0 spiro atoms. The molecule has 0 bridgehead atoms. The average Bonchev–Trinajstić information content (AvgIpc) is 2.47. The molecule has 0 saturated heterocycles. The number of methoxy groups -OCH3 is 1. The minimum absolute atomic E-state index is 0.0555. The smallest absolute Gasteiger partial charge is 0.131 e. The fourth-order valence-electron chi connectivity index (χ4n) is 2.18. The van der Waals surface area contributed by atoms with Crippen LogP contribution in [0.25, 0.3) is 0 Å². The number of nitrogens with one attached hydrogen (secondary N) is 1. The second-order valence-electron chi connectivity index (χ2n) is 4.51. The van der Waals surface area contributed by atoms with Crippen molar-refractivity contribution in [2.75, 3.05) is 7.11 Å². The lowest BCUT2D eigenvalue weighted by Gasteiger charge is -2.20. The molecule has 0 aliphatic rings. The quantitative estimate of drug-likeness (QED) is 0.659. The van der Waals surface area contributed by atoms with E-state index < -0.39 is 23.5 Å². The van der Waals surface area contributed by atoms with Gasteiger partial charge in [0.1, 0.15) is 23.2 Å². The van der Waals surface area contributed by atoms with Crippen LogP contribution in [0.15, 0.2) is 36.4 Å². The Morgan fingerprint density at radius 1 is 1.14 bits per heavy atom. The fraction of sp³-hybridized carbons (Fsp3) is 0.200. The largest absolute Gasteiger partial charge is 0.496 e. The first-order valence-corrected chi connectivity index (χ1v) is 6.29. The van der Waals surface area contributed by atoms with E-state index in [1.165, 1.54) is 25.3 Å². The van der Waals surface area contributed by atoms with Crippen LogP contribution < -0.4 is 16.0 Å². The van der Waals surface area contributed by atoms with Gasteiger partial charge < -0.3 is 4.74 Å². The molecule has 0 amide bonds. The minimum atomic E-state index is -0.707. The van der Waals surface area contributed by atoms with E-state index in [4.69, 9.17) is 10.6 Å². The summed E-state index contributed by atoms with van der Waals surface area (Å²) in [6.45, 7) is 0. The van der Waals surface area contributed by atoms with E-state index in [0.717, 1.165) is 12.1 Å². The maximum Gasteiger partial charge on any atom is 0.131 e. The first kappa shape index (κ1) is 15.3. The van der Waals surface area contributed by atoms with Gasteiger partial charge in [-0.15, -0.1) is 0 Å². The van der Waals surface area contributed by atoms with Gasteiger partial charge in [0.05, 0.1) is 13.2 Å². The van der Waals surface area contributed by atoms with Crippen LogP contribution in [0.3, 0.4) is 0 Å². The third-order valence-electron chi connectivity index (χ3n) is 3.22. The Labute approximate surface area is 120 Å². The van der Waals surface area contributed by atoms with Crippen molar-refractivity contribution in [1.82, 2.24) is 5.43 Å². The van der Waals surface area contributed by atoms with Gasteiger partial charge in [-0.3, -0.25) is 11.3 Å². The summed E-state index contributed by atoms with van der Waals surface area (Å²) in [7, 11) is 1.41. The lowest BCUT2D eigenvalue weighted by Crippen LogP contribution is -2.31. The second-order valence-corrected chi connectivity index (χ2v) is 4.51. The zero-order chi connectivity index (χ0) is 15.4. The molecule has 3 N–H and O–H groups in total. The SMILES string of the molecule is COc1cccc(F)c1C(Cc1ccc(F)cc1F)NN. The summed E-state index contributed by atoms with van der Waals surface area (Å²) in [5, 5.41) is 0. The van der Waals surface area contributed by atoms with Crippen LogP contribution in [-0.4, -0.2) is 7.11 Å². The number of rotatable bonds is 5. The van der Waals surface area contributed by atoms with Crippen molar-refractivity contribution in [2.24, 2.45) is 5.84 Å². The molecule has 2 aromatic rings. The van der Waals surface area contributed by atoms with E-state index in [1.807, 2.05) is 0 Å². The Hall–Kier alpha value is -2.05. The second kappa shape index (κ2) is 6.60. The Kier molecular flexibility index (Phi) is 4.82. The molecule has 1 unspecified atom stereocenters. The zero-order valence-electron chi connectivity index (χ0n) is 11.4. The maximum absolute atomic E-state index is 14.0. The summed E-state index contributed by atoms with van der Waals surface area (Å²) in [6, 6.07) is 6.88. The van der Waals surface area contributed by atoms with Gasteiger partial charge in [0.25, 0.3) is 0 Å². The Morgan fingerprint density at radius 3 is 2.52 bits per heavy atom. The molecule has 0 aliphatic carbocycles. The van der Waals surface area contributed by atoms with Gasteiger partial charge in [-0.2, -0.15) is 0 Å². The number of hydrogen-bond donors (Lipinski definition) is 2. The van der Waals surface area contributed by atoms with Crippen molar-refractivity contribution in [3.05, 3.63) is 65.0 Å². The van der Waals surface area contributed by atoms with Gasteiger partial charge in [-0.1, -0.05) is 12.1 Å². The number of halogens is 3. The molecule has 3 nitrogen and oxygen atoms in total. The highest BCUT2D eigenvalue weighted by molar-refractivity contribution is 5.38. The van der Waals surface area contributed by atoms with Crippen LogP contribution in [0.4, 0.5) is 13.2 Å². The highest BCUT2D eigenvalue weighted by Gasteiger charge is 2.21. The Morgan fingerprint density at radius 2 is 1.90 bits per heavy atom. The molecule has 0 radical (unpaired) electrons. The Balaban J connectivity index is 2.36. The standard InChI is InChI=1S/C15H15F3N2O/c1-21-14-4-2-3-11(17)15(14)13(20-19)7-9-5-6-10(16)8-12(9)18/h2-6,8,13,20H,7,19H2,1H3. The molecular weight excluding hydrogens is 281 g/mol. The molecule has 2 aromatic carbocycles. The van der Waals surface area contributed by atoms with E-state index in [9.17, 15) is 13.2 Å². The average molecular weight is 296 g/mol. The molecule has 1 atom stereocenters. The molecule has 21 heavy (non-hydrogen) atoms. The number of benzene rings is 2. The third-order valence-corrected chi connectivity index (χ3v) is 3.22. The minimum Gasteiger partial charge on any atom is -0.496 e. The van der Waals surface area contributed by atoms with Crippen LogP contribution in [0.2, 0.25) is 0 Å². The summed E-state index contributed by atoms with van der Waals surface area (Å²) in [5.74, 6) is 3.88. The number of hydrogen-bond acceptors (Lipinski definition) is 3. The lowest BCUT2D eigenvalue weighted by molar-refractivity contribution is 0.389. The highest BCUT2D eigenvalue weighted by atomic mass is 19.1. The number of ether oxygens (including phenoxy) is 1. The van der Waals surface area contributed by atoms with Crippen LogP contribution in [0.5, 0.6) is 5.75 Å². The fourth-order valence-corrected chi connectivity index (χ4v) is 2.18. The predicted octanol–water partition coefficient (Wildman–Crippen LogP) is 2.86. The lowest BCUT2D eigenvalue weighted by atomic mass is 9.97. The Bertz CT molecular complexity index is 634. The summed E-state index contributed by atoms with van der Waals surface area (Å²) in [6.07, 6.45) is 0.0555. The van der Waals surface area contributed by atoms with E-state index in [-0.39, 0.29) is 17.5 Å². The normalized spacial score (nSPS) is 12.2. The van der Waals surface area contributed by atoms with Gasteiger partial charge in [0.15, 0.2) is 0 Å².